The van der Waals surface area contributed by atoms with Crippen LogP contribution in [0.25, 0.3) is 0 Å². The van der Waals surface area contributed by atoms with Crippen molar-refractivity contribution in [2.24, 2.45) is 4.99 Å². The molecule has 3 rings (SSSR count). The summed E-state index contributed by atoms with van der Waals surface area (Å²) < 4.78 is 0. The van der Waals surface area contributed by atoms with Crippen LogP contribution in [0.3, 0.4) is 0 Å². The standard InChI is InChI=1S/C13H15N5O2S2/c1-6-3-4-21-12-9(11(20)18(6)12)17-10(19)8(15-2)7-5-22-13(14)16-7/h3,5,9,12H,4H2,1-2H3,(H2,14,16)(H,17,19). The number of allylic oxidation sites excluding steroid dienone is 1. The molecule has 3 N–H and O–H groups in total. The van der Waals surface area contributed by atoms with Crippen molar-refractivity contribution >= 4 is 45.8 Å². The molecule has 2 aliphatic heterocycles. The summed E-state index contributed by atoms with van der Waals surface area (Å²) in [5.41, 5.74) is 7.14. The van der Waals surface area contributed by atoms with E-state index in [1.807, 2.05) is 13.0 Å². The van der Waals surface area contributed by atoms with E-state index >= 15 is 0 Å². The van der Waals surface area contributed by atoms with Crippen molar-refractivity contribution < 1.29 is 9.59 Å². The van der Waals surface area contributed by atoms with Gasteiger partial charge in [-0.2, -0.15) is 0 Å². The number of aromatic nitrogens is 1. The maximum atomic E-state index is 12.4. The van der Waals surface area contributed by atoms with Crippen molar-refractivity contribution in [3.05, 3.63) is 22.8 Å². The van der Waals surface area contributed by atoms with E-state index in [1.165, 1.54) is 18.4 Å². The number of amides is 2. The molecule has 0 radical (unpaired) electrons. The number of rotatable bonds is 3. The maximum absolute atomic E-state index is 12.4. The zero-order valence-electron chi connectivity index (χ0n) is 12.1. The Balaban J connectivity index is 1.72. The summed E-state index contributed by atoms with van der Waals surface area (Å²) in [5.74, 6) is 0.343. The van der Waals surface area contributed by atoms with Crippen LogP contribution in [0.4, 0.5) is 5.13 Å². The van der Waals surface area contributed by atoms with Gasteiger partial charge in [-0.1, -0.05) is 6.08 Å². The van der Waals surface area contributed by atoms with Crippen LogP contribution in [-0.4, -0.2) is 51.6 Å². The summed E-state index contributed by atoms with van der Waals surface area (Å²) in [6, 6.07) is -0.520. The molecule has 0 aliphatic carbocycles. The lowest BCUT2D eigenvalue weighted by molar-refractivity contribution is -0.144. The smallest absolute Gasteiger partial charge is 0.272 e. The number of nitrogens with zero attached hydrogens (tertiary/aromatic N) is 3. The van der Waals surface area contributed by atoms with Gasteiger partial charge in [0.25, 0.3) is 11.8 Å². The molecular weight excluding hydrogens is 322 g/mol. The van der Waals surface area contributed by atoms with Gasteiger partial charge in [0.2, 0.25) is 0 Å². The van der Waals surface area contributed by atoms with E-state index in [4.69, 9.17) is 5.73 Å². The van der Waals surface area contributed by atoms with E-state index < -0.39 is 11.9 Å². The molecule has 0 aromatic carbocycles. The van der Waals surface area contributed by atoms with Crippen molar-refractivity contribution in [1.29, 1.82) is 0 Å². The van der Waals surface area contributed by atoms with Crippen LogP contribution >= 0.6 is 23.1 Å². The summed E-state index contributed by atoms with van der Waals surface area (Å²) in [6.45, 7) is 1.90. The van der Waals surface area contributed by atoms with E-state index in [1.54, 1.807) is 22.0 Å². The minimum atomic E-state index is -0.520. The molecule has 2 unspecified atom stereocenters. The predicted molar refractivity (Wildman–Crippen MR) is 87.8 cm³/mol. The number of hydrogen-bond acceptors (Lipinski definition) is 7. The Morgan fingerprint density at radius 3 is 3.00 bits per heavy atom. The third kappa shape index (κ3) is 2.40. The maximum Gasteiger partial charge on any atom is 0.272 e. The molecule has 3 heterocycles. The number of aliphatic imine (C=N–C) groups is 1. The number of carbonyl (C=O) groups excluding carboxylic acids is 2. The molecule has 2 atom stereocenters. The Hall–Kier alpha value is -1.87. The highest BCUT2D eigenvalue weighted by molar-refractivity contribution is 8.00. The van der Waals surface area contributed by atoms with E-state index in [0.717, 1.165) is 11.4 Å². The fraction of sp³-hybridized carbons (Fsp3) is 0.385. The molecule has 2 aliphatic rings. The normalized spacial score (nSPS) is 24.5. The second-order valence-electron chi connectivity index (χ2n) is 4.87. The summed E-state index contributed by atoms with van der Waals surface area (Å²) in [5, 5.41) is 4.77. The summed E-state index contributed by atoms with van der Waals surface area (Å²) in [4.78, 5) is 34.3. The summed E-state index contributed by atoms with van der Waals surface area (Å²) in [6.07, 6.45) is 2.01. The van der Waals surface area contributed by atoms with E-state index in [2.05, 4.69) is 15.3 Å². The molecule has 7 nitrogen and oxygen atoms in total. The van der Waals surface area contributed by atoms with Crippen LogP contribution in [0.5, 0.6) is 0 Å². The molecule has 1 saturated heterocycles. The minimum absolute atomic E-state index is 0.0416. The number of nitrogens with one attached hydrogen (secondary N) is 1. The van der Waals surface area contributed by atoms with Gasteiger partial charge in [-0.05, 0) is 6.92 Å². The first kappa shape index (κ1) is 15.0. The van der Waals surface area contributed by atoms with Crippen molar-refractivity contribution in [3.63, 3.8) is 0 Å². The fourth-order valence-electron chi connectivity index (χ4n) is 2.45. The number of hydrogen-bond donors (Lipinski definition) is 2. The molecule has 2 amide bonds. The predicted octanol–water partition coefficient (Wildman–Crippen LogP) is 0.448. The van der Waals surface area contributed by atoms with Crippen LogP contribution < -0.4 is 11.1 Å². The van der Waals surface area contributed by atoms with Gasteiger partial charge >= 0.3 is 0 Å². The quantitative estimate of drug-likeness (QED) is 0.616. The lowest BCUT2D eigenvalue weighted by Crippen LogP contribution is -2.69. The van der Waals surface area contributed by atoms with Crippen molar-refractivity contribution in [1.82, 2.24) is 15.2 Å². The Kier molecular flexibility index (Phi) is 3.92. The van der Waals surface area contributed by atoms with Gasteiger partial charge in [0.15, 0.2) is 5.13 Å². The monoisotopic (exact) mass is 337 g/mol. The largest absolute Gasteiger partial charge is 0.375 e. The van der Waals surface area contributed by atoms with E-state index in [9.17, 15) is 9.59 Å². The molecular formula is C13H15N5O2S2. The van der Waals surface area contributed by atoms with Crippen LogP contribution in [0.15, 0.2) is 22.1 Å². The SMILES string of the molecule is CN=C(C(=O)NC1C(=O)N2C(C)=CCSC12)c1csc(N)n1. The highest BCUT2D eigenvalue weighted by atomic mass is 32.2. The molecule has 0 spiro atoms. The van der Waals surface area contributed by atoms with Gasteiger partial charge < -0.3 is 11.1 Å². The fourth-order valence-corrected chi connectivity index (χ4v) is 4.33. The first-order valence-electron chi connectivity index (χ1n) is 6.63. The molecule has 1 aromatic heterocycles. The van der Waals surface area contributed by atoms with Crippen molar-refractivity contribution in [3.8, 4) is 0 Å². The Morgan fingerprint density at radius 1 is 1.59 bits per heavy atom. The average molecular weight is 337 g/mol. The number of thioether (sulfide) groups is 1. The number of fused-ring (bicyclic) bond motifs is 1. The Morgan fingerprint density at radius 2 is 2.36 bits per heavy atom. The minimum Gasteiger partial charge on any atom is -0.375 e. The Labute approximate surface area is 135 Å². The second kappa shape index (κ2) is 5.73. The van der Waals surface area contributed by atoms with Crippen LogP contribution in [0, 0.1) is 0 Å². The molecule has 116 valence electrons. The second-order valence-corrected chi connectivity index (χ2v) is 6.91. The van der Waals surface area contributed by atoms with Crippen LogP contribution in [-0.2, 0) is 9.59 Å². The number of nitrogens with two attached hydrogens (primary N) is 1. The van der Waals surface area contributed by atoms with Crippen molar-refractivity contribution in [2.45, 2.75) is 18.3 Å². The first-order valence-corrected chi connectivity index (χ1v) is 8.56. The van der Waals surface area contributed by atoms with E-state index in [-0.39, 0.29) is 17.0 Å². The molecule has 22 heavy (non-hydrogen) atoms. The van der Waals surface area contributed by atoms with Gasteiger partial charge in [0.05, 0.1) is 0 Å². The number of thiazole rings is 1. The van der Waals surface area contributed by atoms with Crippen LogP contribution in [0.1, 0.15) is 12.6 Å². The summed E-state index contributed by atoms with van der Waals surface area (Å²) >= 11 is 2.87. The van der Waals surface area contributed by atoms with E-state index in [0.29, 0.717) is 10.8 Å². The van der Waals surface area contributed by atoms with Gasteiger partial charge in [-0.25, -0.2) is 4.98 Å². The molecule has 0 bridgehead atoms. The summed E-state index contributed by atoms with van der Waals surface area (Å²) in [7, 11) is 1.52. The molecule has 1 aromatic rings. The zero-order chi connectivity index (χ0) is 15.9. The Bertz CT molecular complexity index is 696. The van der Waals surface area contributed by atoms with Crippen molar-refractivity contribution in [2.75, 3.05) is 18.5 Å². The highest BCUT2D eigenvalue weighted by Crippen LogP contribution is 2.37. The average Bonchev–Trinajstić information content (AvgIpc) is 2.91. The molecule has 1 fully saturated rings. The lowest BCUT2D eigenvalue weighted by atomic mass is 10.1. The highest BCUT2D eigenvalue weighted by Gasteiger charge is 2.50. The van der Waals surface area contributed by atoms with Crippen LogP contribution in [0.2, 0.25) is 0 Å². The number of anilines is 1. The lowest BCUT2D eigenvalue weighted by Gasteiger charge is -2.48. The number of carbonyl (C=O) groups is 2. The van der Waals surface area contributed by atoms with Gasteiger partial charge in [0.1, 0.15) is 22.8 Å². The third-order valence-corrected chi connectivity index (χ3v) is 5.42. The molecule has 9 heteroatoms. The topological polar surface area (TPSA) is 101 Å². The zero-order valence-corrected chi connectivity index (χ0v) is 13.7. The van der Waals surface area contributed by atoms with Gasteiger partial charge in [-0.15, -0.1) is 23.1 Å². The first-order chi connectivity index (χ1) is 10.5. The number of β-lactam (4-membered cyclic amide) rings is 1. The van der Waals surface area contributed by atoms with Gasteiger partial charge in [-0.3, -0.25) is 19.5 Å². The number of nitrogen functional groups attached to an aromatic ring is 1. The van der Waals surface area contributed by atoms with Gasteiger partial charge in [0, 0.05) is 23.9 Å². The third-order valence-electron chi connectivity index (χ3n) is 3.56. The molecule has 0 saturated carbocycles.